The smallest absolute Gasteiger partial charge is 0.228 e. The average molecular weight is 654 g/mol. The van der Waals surface area contributed by atoms with E-state index in [4.69, 9.17) is 23.9 Å². The maximum absolute atomic E-state index is 13.4. The molecule has 2 saturated heterocycles. The number of ketones is 1. The number of carbonyl (C=O) groups excluding carboxylic acids is 1. The number of fused-ring (bicyclic) bond motifs is 1. The van der Waals surface area contributed by atoms with Crippen molar-refractivity contribution in [1.29, 1.82) is 0 Å². The molecular weight excluding hydrogens is 606 g/mol. The molecule has 0 bridgehead atoms. The summed E-state index contributed by atoms with van der Waals surface area (Å²) in [5.74, 6) is 2.69. The monoisotopic (exact) mass is 653 g/mol. The van der Waals surface area contributed by atoms with Crippen LogP contribution in [0.15, 0.2) is 35.1 Å². The van der Waals surface area contributed by atoms with Gasteiger partial charge >= 0.3 is 0 Å². The molecule has 2 N–H and O–H groups in total. The van der Waals surface area contributed by atoms with Crippen molar-refractivity contribution in [2.24, 2.45) is 0 Å². The van der Waals surface area contributed by atoms with Crippen molar-refractivity contribution in [2.75, 3.05) is 62.7 Å². The number of aliphatic hydroxyl groups excluding tert-OH is 1. The molecule has 6 rings (SSSR count). The number of oxazole rings is 1. The Kier molecular flexibility index (Phi) is 11.5. The van der Waals surface area contributed by atoms with Gasteiger partial charge in [-0.05, 0) is 56.9 Å². The van der Waals surface area contributed by atoms with Crippen molar-refractivity contribution in [2.45, 2.75) is 71.4 Å². The van der Waals surface area contributed by atoms with Crippen LogP contribution in [0.1, 0.15) is 59.8 Å². The number of nitrogens with zero attached hydrogens (tertiary/aromatic N) is 6. The Hall–Kier alpha value is -3.23. The van der Waals surface area contributed by atoms with Crippen molar-refractivity contribution in [3.05, 3.63) is 58.9 Å². The number of benzene rings is 1. The molecule has 2 fully saturated rings. The number of β-amino-alcohol motifs (C(OH)–C–C–N with tert-alkyl or cyclic N) is 1. The summed E-state index contributed by atoms with van der Waals surface area (Å²) in [5.41, 5.74) is 3.71. The number of anilines is 2. The molecule has 0 aliphatic carbocycles. The minimum Gasteiger partial charge on any atom is -0.486 e. The largest absolute Gasteiger partial charge is 0.486 e. The molecule has 1 aromatic carbocycles. The second kappa shape index (κ2) is 15.6. The number of ether oxygens (including phenoxy) is 2. The molecule has 3 aliphatic heterocycles. The lowest BCUT2D eigenvalue weighted by atomic mass is 9.98. The van der Waals surface area contributed by atoms with Gasteiger partial charge in [0.2, 0.25) is 5.95 Å². The lowest BCUT2D eigenvalue weighted by Gasteiger charge is -2.37. The maximum atomic E-state index is 13.4. The summed E-state index contributed by atoms with van der Waals surface area (Å²) in [4.78, 5) is 33.8. The molecule has 250 valence electrons. The van der Waals surface area contributed by atoms with E-state index in [1.165, 1.54) is 17.5 Å². The van der Waals surface area contributed by atoms with Crippen LogP contribution in [0.4, 0.5) is 11.8 Å². The summed E-state index contributed by atoms with van der Waals surface area (Å²) in [5, 5.41) is 14.3. The van der Waals surface area contributed by atoms with Gasteiger partial charge in [0.1, 0.15) is 23.9 Å². The van der Waals surface area contributed by atoms with Gasteiger partial charge < -0.3 is 29.2 Å². The number of nitrogens with one attached hydrogen (secondary N) is 1. The summed E-state index contributed by atoms with van der Waals surface area (Å²) >= 11 is 0. The van der Waals surface area contributed by atoms with Crippen LogP contribution in [0.5, 0.6) is 5.75 Å². The summed E-state index contributed by atoms with van der Waals surface area (Å²) in [6, 6.07) is 8.59. The molecule has 3 aliphatic rings. The van der Waals surface area contributed by atoms with Gasteiger partial charge in [-0.3, -0.25) is 14.6 Å². The Balaban J connectivity index is 0.00000417. The predicted octanol–water partition coefficient (Wildman–Crippen LogP) is 3.19. The lowest BCUT2D eigenvalue weighted by molar-refractivity contribution is 0.0209. The van der Waals surface area contributed by atoms with Crippen molar-refractivity contribution in [3.8, 4) is 5.75 Å². The number of Topliss-reactive ketones (excluding diaryl/α,β-unsaturated/α-hetero) is 1. The maximum Gasteiger partial charge on any atom is 0.228 e. The quantitative estimate of drug-likeness (QED) is 0.263. The minimum atomic E-state index is -0.613. The fourth-order valence-corrected chi connectivity index (χ4v) is 6.02. The highest BCUT2D eigenvalue weighted by Gasteiger charge is 2.25. The van der Waals surface area contributed by atoms with Gasteiger partial charge in [0.15, 0.2) is 17.9 Å². The van der Waals surface area contributed by atoms with E-state index >= 15 is 0 Å². The fourth-order valence-electron chi connectivity index (χ4n) is 6.02. The number of carbonyl (C=O) groups is 1. The number of aliphatic hydroxyl groups is 1. The first-order valence-corrected chi connectivity index (χ1v) is 16.1. The zero-order chi connectivity index (χ0) is 31.3. The standard InChI is InChI=1S/C33H45N7O5.H2S/c1-22(2)39-10-12-40(13-11-39)33-36-29(15-32(37-33)35-26-18-43-19-26)30(42)7-5-27(41)17-38-9-8-24-14-28(6-4-25(24)16-38)44-20-31-23(3)34-21-45-31;/h4,6,14-15,21-22,26-27,41H,5,7-13,16-20H2,1-3H3,(H,35,36,37);1H2/t27-;/m0./s1. The van der Waals surface area contributed by atoms with Crippen LogP contribution in [0.2, 0.25) is 0 Å². The molecular formula is C33H47N7O5S. The SMILES string of the molecule is Cc1ncoc1COc1ccc2c(c1)CCN(C[C@@H](O)CCC(=O)c1cc(NC3COC3)nc(N3CCN(C(C)C)CC3)n1)C2.S. The van der Waals surface area contributed by atoms with Gasteiger partial charge in [-0.25, -0.2) is 9.97 Å². The minimum absolute atomic E-state index is 0. The number of hydrogen-bond donors (Lipinski definition) is 2. The van der Waals surface area contributed by atoms with Crippen LogP contribution < -0.4 is 15.0 Å². The normalized spacial score (nSPS) is 18.1. The highest BCUT2D eigenvalue weighted by atomic mass is 32.1. The Morgan fingerprint density at radius 1 is 1.11 bits per heavy atom. The van der Waals surface area contributed by atoms with Crippen LogP contribution in [0, 0.1) is 6.92 Å². The average Bonchev–Trinajstić information content (AvgIpc) is 3.44. The summed E-state index contributed by atoms with van der Waals surface area (Å²) in [6.07, 6.45) is 2.29. The van der Waals surface area contributed by atoms with E-state index in [-0.39, 0.29) is 31.7 Å². The van der Waals surface area contributed by atoms with E-state index in [9.17, 15) is 9.90 Å². The predicted molar refractivity (Wildman–Crippen MR) is 180 cm³/mol. The van der Waals surface area contributed by atoms with Gasteiger partial charge in [0.05, 0.1) is 31.1 Å². The van der Waals surface area contributed by atoms with Crippen molar-refractivity contribution < 1.29 is 23.8 Å². The third-order valence-electron chi connectivity index (χ3n) is 8.97. The molecule has 5 heterocycles. The van der Waals surface area contributed by atoms with Crippen LogP contribution in [-0.2, 0) is 24.3 Å². The Morgan fingerprint density at radius 3 is 2.61 bits per heavy atom. The first-order chi connectivity index (χ1) is 21.8. The number of hydrogen-bond acceptors (Lipinski definition) is 12. The van der Waals surface area contributed by atoms with Gasteiger partial charge in [0.25, 0.3) is 0 Å². The van der Waals surface area contributed by atoms with Crippen LogP contribution in [0.3, 0.4) is 0 Å². The molecule has 0 saturated carbocycles. The Labute approximate surface area is 277 Å². The second-order valence-electron chi connectivity index (χ2n) is 12.6. The second-order valence-corrected chi connectivity index (χ2v) is 12.6. The number of aryl methyl sites for hydroxylation is 1. The molecule has 2 aromatic heterocycles. The topological polar surface area (TPSA) is 129 Å². The number of aromatic nitrogens is 3. The van der Waals surface area contributed by atoms with Crippen LogP contribution in [0.25, 0.3) is 0 Å². The fraction of sp³-hybridized carbons (Fsp3) is 0.576. The molecule has 0 radical (unpaired) electrons. The molecule has 1 atom stereocenters. The summed E-state index contributed by atoms with van der Waals surface area (Å²) < 4.78 is 16.6. The Bertz CT molecular complexity index is 1460. The van der Waals surface area contributed by atoms with Crippen molar-refractivity contribution in [3.63, 3.8) is 0 Å². The van der Waals surface area contributed by atoms with Gasteiger partial charge in [-0.1, -0.05) is 6.07 Å². The molecule has 0 unspecified atom stereocenters. The first kappa shape index (κ1) is 34.1. The van der Waals surface area contributed by atoms with Gasteiger partial charge in [-0.2, -0.15) is 18.5 Å². The van der Waals surface area contributed by atoms with Gasteiger partial charge in [-0.15, -0.1) is 0 Å². The number of piperazine rings is 1. The highest BCUT2D eigenvalue weighted by Crippen LogP contribution is 2.26. The molecule has 0 amide bonds. The van der Waals surface area contributed by atoms with Crippen molar-refractivity contribution >= 4 is 31.0 Å². The summed E-state index contributed by atoms with van der Waals surface area (Å²) in [6.45, 7) is 13.5. The Morgan fingerprint density at radius 2 is 1.91 bits per heavy atom. The summed E-state index contributed by atoms with van der Waals surface area (Å²) in [7, 11) is 0. The molecule has 3 aromatic rings. The third-order valence-corrected chi connectivity index (χ3v) is 8.97. The van der Waals surface area contributed by atoms with Crippen LogP contribution in [-0.4, -0.2) is 106 Å². The van der Waals surface area contributed by atoms with E-state index in [1.54, 1.807) is 6.07 Å². The van der Waals surface area contributed by atoms with Crippen LogP contribution >= 0.6 is 13.5 Å². The molecule has 12 nitrogen and oxygen atoms in total. The highest BCUT2D eigenvalue weighted by molar-refractivity contribution is 7.59. The lowest BCUT2D eigenvalue weighted by Crippen LogP contribution is -2.49. The van der Waals surface area contributed by atoms with Gasteiger partial charge in [0, 0.05) is 64.3 Å². The third kappa shape index (κ3) is 8.56. The van der Waals surface area contributed by atoms with E-state index < -0.39 is 6.10 Å². The first-order valence-electron chi connectivity index (χ1n) is 16.1. The zero-order valence-corrected chi connectivity index (χ0v) is 28.1. The molecule has 0 spiro atoms. The van der Waals surface area contributed by atoms with E-state index in [2.05, 4.69) is 51.0 Å². The van der Waals surface area contributed by atoms with E-state index in [1.807, 2.05) is 13.0 Å². The number of rotatable bonds is 13. The molecule has 13 heteroatoms. The van der Waals surface area contributed by atoms with Crippen molar-refractivity contribution in [1.82, 2.24) is 24.8 Å². The van der Waals surface area contributed by atoms with E-state index in [0.717, 1.165) is 62.9 Å². The molecule has 46 heavy (non-hydrogen) atoms. The zero-order valence-electron chi connectivity index (χ0n) is 27.1. The van der Waals surface area contributed by atoms with E-state index in [0.29, 0.717) is 56.3 Å².